The third kappa shape index (κ3) is 3.69. The molecule has 0 amide bonds. The number of carboxylic acid groups (broad SMARTS) is 1. The topological polar surface area (TPSA) is 75.5 Å². The number of aliphatic carboxylic acids is 1. The van der Waals surface area contributed by atoms with Crippen molar-refractivity contribution in [1.29, 1.82) is 0 Å². The molecular formula is C15H23N3O3. The van der Waals surface area contributed by atoms with Gasteiger partial charge in [-0.05, 0) is 12.8 Å². The zero-order chi connectivity index (χ0) is 15.2. The smallest absolute Gasteiger partial charge is 0.311 e. The number of carboxylic acids is 1. The predicted molar refractivity (Wildman–Crippen MR) is 79.4 cm³/mol. The third-order valence-electron chi connectivity index (χ3n) is 3.74. The molecule has 1 fully saturated rings. The molecule has 2 heterocycles. The van der Waals surface area contributed by atoms with E-state index in [2.05, 4.69) is 28.7 Å². The van der Waals surface area contributed by atoms with Crippen LogP contribution in [0.3, 0.4) is 0 Å². The standard InChI is InChI=1S/C15H23N3O3/c1-3-5-11-7-14(17-10-16-11)18(6-4-2)13-9-21-8-12(13)15(19)20/h7,10,12-13H,3-6,8-9H2,1-2H3,(H,19,20). The summed E-state index contributed by atoms with van der Waals surface area (Å²) in [5, 5.41) is 9.35. The normalized spacial score (nSPS) is 21.4. The van der Waals surface area contributed by atoms with Gasteiger partial charge in [-0.2, -0.15) is 0 Å². The molecule has 1 N–H and O–H groups in total. The lowest BCUT2D eigenvalue weighted by Crippen LogP contribution is -2.44. The zero-order valence-corrected chi connectivity index (χ0v) is 12.7. The van der Waals surface area contributed by atoms with E-state index in [0.29, 0.717) is 6.61 Å². The monoisotopic (exact) mass is 293 g/mol. The van der Waals surface area contributed by atoms with Gasteiger partial charge in [0.25, 0.3) is 0 Å². The Labute approximate surface area is 125 Å². The van der Waals surface area contributed by atoms with Crippen LogP contribution in [0.5, 0.6) is 0 Å². The van der Waals surface area contributed by atoms with Crippen LogP contribution in [0.1, 0.15) is 32.4 Å². The largest absolute Gasteiger partial charge is 0.481 e. The maximum atomic E-state index is 11.4. The second-order valence-electron chi connectivity index (χ2n) is 5.36. The van der Waals surface area contributed by atoms with Crippen LogP contribution >= 0.6 is 0 Å². The van der Waals surface area contributed by atoms with Gasteiger partial charge >= 0.3 is 5.97 Å². The highest BCUT2D eigenvalue weighted by Crippen LogP contribution is 2.25. The SMILES string of the molecule is CCCc1cc(N(CCC)C2COCC2C(=O)O)ncn1. The van der Waals surface area contributed by atoms with Crippen LogP contribution < -0.4 is 4.90 Å². The Morgan fingerprint density at radius 3 is 2.86 bits per heavy atom. The first kappa shape index (κ1) is 15.7. The lowest BCUT2D eigenvalue weighted by molar-refractivity contribution is -0.141. The molecule has 0 saturated carbocycles. The van der Waals surface area contributed by atoms with Gasteiger partial charge in [0.05, 0.1) is 19.3 Å². The van der Waals surface area contributed by atoms with Gasteiger partial charge < -0.3 is 14.7 Å². The molecule has 2 rings (SSSR count). The average Bonchev–Trinajstić information content (AvgIpc) is 2.94. The van der Waals surface area contributed by atoms with Crippen LogP contribution in [0.25, 0.3) is 0 Å². The first-order chi connectivity index (χ1) is 10.2. The molecule has 2 unspecified atom stereocenters. The van der Waals surface area contributed by atoms with Gasteiger partial charge in [-0.25, -0.2) is 9.97 Å². The van der Waals surface area contributed by atoms with E-state index in [1.807, 2.05) is 6.07 Å². The molecule has 0 spiro atoms. The Morgan fingerprint density at radius 2 is 2.19 bits per heavy atom. The molecule has 0 aromatic carbocycles. The number of hydrogen-bond donors (Lipinski definition) is 1. The molecule has 0 radical (unpaired) electrons. The van der Waals surface area contributed by atoms with E-state index in [1.54, 1.807) is 6.33 Å². The quantitative estimate of drug-likeness (QED) is 0.825. The van der Waals surface area contributed by atoms with E-state index >= 15 is 0 Å². The van der Waals surface area contributed by atoms with Gasteiger partial charge in [-0.3, -0.25) is 4.79 Å². The summed E-state index contributed by atoms with van der Waals surface area (Å²) < 4.78 is 5.39. The summed E-state index contributed by atoms with van der Waals surface area (Å²) in [6, 6.07) is 1.81. The maximum Gasteiger partial charge on any atom is 0.311 e. The highest BCUT2D eigenvalue weighted by molar-refractivity contribution is 5.72. The summed E-state index contributed by atoms with van der Waals surface area (Å²) in [6.45, 7) is 5.65. The average molecular weight is 293 g/mol. The zero-order valence-electron chi connectivity index (χ0n) is 12.7. The number of hydrogen-bond acceptors (Lipinski definition) is 5. The number of rotatable bonds is 7. The molecule has 1 saturated heterocycles. The highest BCUT2D eigenvalue weighted by Gasteiger charge is 2.38. The first-order valence-electron chi connectivity index (χ1n) is 7.55. The molecule has 6 nitrogen and oxygen atoms in total. The first-order valence-corrected chi connectivity index (χ1v) is 7.55. The van der Waals surface area contributed by atoms with Crippen molar-refractivity contribution in [2.24, 2.45) is 5.92 Å². The van der Waals surface area contributed by atoms with Crippen molar-refractivity contribution in [3.63, 3.8) is 0 Å². The Bertz CT molecular complexity index is 481. The van der Waals surface area contributed by atoms with Crippen molar-refractivity contribution in [3.05, 3.63) is 18.1 Å². The van der Waals surface area contributed by atoms with Crippen molar-refractivity contribution < 1.29 is 14.6 Å². The minimum atomic E-state index is -0.804. The Kier molecular flexibility index (Phi) is 5.50. The van der Waals surface area contributed by atoms with E-state index in [0.717, 1.165) is 37.3 Å². The van der Waals surface area contributed by atoms with Crippen LogP contribution in [0.4, 0.5) is 5.82 Å². The van der Waals surface area contributed by atoms with E-state index in [9.17, 15) is 9.90 Å². The molecule has 1 aromatic rings. The van der Waals surface area contributed by atoms with Gasteiger partial charge in [-0.1, -0.05) is 20.3 Å². The number of aryl methyl sites for hydroxylation is 1. The fourth-order valence-electron chi connectivity index (χ4n) is 2.71. The Balaban J connectivity index is 2.25. The van der Waals surface area contributed by atoms with E-state index in [1.165, 1.54) is 0 Å². The molecule has 116 valence electrons. The van der Waals surface area contributed by atoms with Gasteiger partial charge in [0.1, 0.15) is 18.1 Å². The molecule has 1 aliphatic heterocycles. The van der Waals surface area contributed by atoms with E-state index in [-0.39, 0.29) is 12.6 Å². The van der Waals surface area contributed by atoms with Crippen molar-refractivity contribution in [3.8, 4) is 0 Å². The lowest BCUT2D eigenvalue weighted by Gasteiger charge is -2.31. The molecule has 0 bridgehead atoms. The highest BCUT2D eigenvalue weighted by atomic mass is 16.5. The minimum Gasteiger partial charge on any atom is -0.481 e. The maximum absolute atomic E-state index is 11.4. The molecule has 21 heavy (non-hydrogen) atoms. The molecule has 1 aliphatic rings. The van der Waals surface area contributed by atoms with Gasteiger partial charge in [0.2, 0.25) is 0 Å². The number of carbonyl (C=O) groups is 1. The summed E-state index contributed by atoms with van der Waals surface area (Å²) in [5.41, 5.74) is 0.995. The summed E-state index contributed by atoms with van der Waals surface area (Å²) >= 11 is 0. The van der Waals surface area contributed by atoms with Gasteiger partial charge in [0.15, 0.2) is 0 Å². The second-order valence-corrected chi connectivity index (χ2v) is 5.36. The Morgan fingerprint density at radius 1 is 1.38 bits per heavy atom. The molecule has 6 heteroatoms. The van der Waals surface area contributed by atoms with Crippen molar-refractivity contribution in [2.45, 2.75) is 39.2 Å². The van der Waals surface area contributed by atoms with Crippen LogP contribution in [-0.4, -0.2) is 46.8 Å². The fourth-order valence-corrected chi connectivity index (χ4v) is 2.71. The number of anilines is 1. The fraction of sp³-hybridized carbons (Fsp3) is 0.667. The number of ether oxygens (including phenoxy) is 1. The third-order valence-corrected chi connectivity index (χ3v) is 3.74. The number of aromatic nitrogens is 2. The van der Waals surface area contributed by atoms with Crippen LogP contribution in [0.2, 0.25) is 0 Å². The summed E-state index contributed by atoms with van der Waals surface area (Å²) in [4.78, 5) is 22.1. The summed E-state index contributed by atoms with van der Waals surface area (Å²) in [7, 11) is 0. The van der Waals surface area contributed by atoms with E-state index < -0.39 is 11.9 Å². The molecule has 0 aliphatic carbocycles. The van der Waals surface area contributed by atoms with Crippen LogP contribution in [-0.2, 0) is 16.0 Å². The second kappa shape index (κ2) is 7.36. The summed E-state index contributed by atoms with van der Waals surface area (Å²) in [6.07, 6.45) is 4.41. The predicted octanol–water partition coefficient (Wildman–Crippen LogP) is 1.75. The van der Waals surface area contributed by atoms with Gasteiger partial charge in [0, 0.05) is 18.3 Å². The van der Waals surface area contributed by atoms with Crippen molar-refractivity contribution in [2.75, 3.05) is 24.7 Å². The number of nitrogens with zero attached hydrogens (tertiary/aromatic N) is 3. The van der Waals surface area contributed by atoms with Gasteiger partial charge in [-0.15, -0.1) is 0 Å². The van der Waals surface area contributed by atoms with Crippen molar-refractivity contribution in [1.82, 2.24) is 9.97 Å². The molecular weight excluding hydrogens is 270 g/mol. The molecule has 2 atom stereocenters. The minimum absolute atomic E-state index is 0.160. The van der Waals surface area contributed by atoms with Crippen LogP contribution in [0.15, 0.2) is 12.4 Å². The van der Waals surface area contributed by atoms with Crippen LogP contribution in [0, 0.1) is 5.92 Å². The van der Waals surface area contributed by atoms with E-state index in [4.69, 9.17) is 4.74 Å². The Hall–Kier alpha value is -1.69. The van der Waals surface area contributed by atoms with Crippen molar-refractivity contribution >= 4 is 11.8 Å². The summed E-state index contributed by atoms with van der Waals surface area (Å²) in [5.74, 6) is -0.500. The lowest BCUT2D eigenvalue weighted by atomic mass is 10.0. The molecule has 1 aromatic heterocycles.